The van der Waals surface area contributed by atoms with E-state index >= 15 is 0 Å². The van der Waals surface area contributed by atoms with Gasteiger partial charge >= 0.3 is 0 Å². The number of hydrogen-bond donors (Lipinski definition) is 3. The van der Waals surface area contributed by atoms with Crippen molar-refractivity contribution in [2.45, 2.75) is 32.4 Å². The average Bonchev–Trinajstić information content (AvgIpc) is 2.20. The molecule has 0 aliphatic heterocycles. The summed E-state index contributed by atoms with van der Waals surface area (Å²) in [5.41, 5.74) is -0.591. The van der Waals surface area contributed by atoms with E-state index in [1.165, 1.54) is 18.2 Å². The van der Waals surface area contributed by atoms with Crippen molar-refractivity contribution in [3.63, 3.8) is 0 Å². The molecule has 0 radical (unpaired) electrons. The molecule has 5 heteroatoms. The standard InChI is InChI=1S/C12H16ClNO3/c1-7(15)12(2,3)14-11(17)9-6-8(16)4-5-10(9)13/h4-7,15-16H,1-3H3,(H,14,17). The van der Waals surface area contributed by atoms with Crippen molar-refractivity contribution in [3.05, 3.63) is 28.8 Å². The predicted molar refractivity (Wildman–Crippen MR) is 66.3 cm³/mol. The number of rotatable bonds is 3. The van der Waals surface area contributed by atoms with Gasteiger partial charge in [-0.15, -0.1) is 0 Å². The number of amides is 1. The van der Waals surface area contributed by atoms with E-state index in [-0.39, 0.29) is 16.3 Å². The Hall–Kier alpha value is -1.26. The molecule has 3 N–H and O–H groups in total. The normalized spacial score (nSPS) is 13.2. The van der Waals surface area contributed by atoms with Gasteiger partial charge in [0.1, 0.15) is 5.75 Å². The molecule has 0 aliphatic rings. The van der Waals surface area contributed by atoms with Crippen LogP contribution in [-0.4, -0.2) is 27.8 Å². The van der Waals surface area contributed by atoms with E-state index in [1.807, 2.05) is 0 Å². The number of phenols is 1. The molecular formula is C12H16ClNO3. The van der Waals surface area contributed by atoms with Crippen molar-refractivity contribution in [1.29, 1.82) is 0 Å². The van der Waals surface area contributed by atoms with Gasteiger partial charge in [-0.2, -0.15) is 0 Å². The fourth-order valence-corrected chi connectivity index (χ4v) is 1.36. The van der Waals surface area contributed by atoms with Crippen LogP contribution in [-0.2, 0) is 0 Å². The van der Waals surface area contributed by atoms with Gasteiger partial charge < -0.3 is 15.5 Å². The summed E-state index contributed by atoms with van der Waals surface area (Å²) in [4.78, 5) is 11.9. The van der Waals surface area contributed by atoms with Crippen LogP contribution in [0.1, 0.15) is 31.1 Å². The molecule has 1 unspecified atom stereocenters. The molecule has 4 nitrogen and oxygen atoms in total. The molecule has 1 atom stereocenters. The van der Waals surface area contributed by atoms with Crippen molar-refractivity contribution in [2.75, 3.05) is 0 Å². The number of hydrogen-bond acceptors (Lipinski definition) is 3. The fraction of sp³-hybridized carbons (Fsp3) is 0.417. The first-order chi connectivity index (χ1) is 7.74. The smallest absolute Gasteiger partial charge is 0.253 e. The number of aliphatic hydroxyl groups excluding tert-OH is 1. The van der Waals surface area contributed by atoms with Crippen LogP contribution in [0.5, 0.6) is 5.75 Å². The quantitative estimate of drug-likeness (QED) is 0.775. The third kappa shape index (κ3) is 3.35. The first-order valence-electron chi connectivity index (χ1n) is 5.23. The molecule has 1 aromatic rings. The second kappa shape index (κ2) is 4.94. The van der Waals surface area contributed by atoms with E-state index in [1.54, 1.807) is 20.8 Å². The summed E-state index contributed by atoms with van der Waals surface area (Å²) < 4.78 is 0. The highest BCUT2D eigenvalue weighted by Crippen LogP contribution is 2.22. The van der Waals surface area contributed by atoms with Gasteiger partial charge in [0.25, 0.3) is 5.91 Å². The van der Waals surface area contributed by atoms with E-state index in [0.717, 1.165) is 0 Å². The molecule has 0 aromatic heterocycles. The van der Waals surface area contributed by atoms with Crippen molar-refractivity contribution >= 4 is 17.5 Å². The minimum Gasteiger partial charge on any atom is -0.508 e. The zero-order chi connectivity index (χ0) is 13.2. The SMILES string of the molecule is CC(O)C(C)(C)NC(=O)c1cc(O)ccc1Cl. The second-order valence-corrected chi connectivity index (χ2v) is 4.92. The molecule has 1 aromatic carbocycles. The summed E-state index contributed by atoms with van der Waals surface area (Å²) in [6.45, 7) is 4.99. The van der Waals surface area contributed by atoms with Crippen molar-refractivity contribution in [1.82, 2.24) is 5.32 Å². The molecule has 0 saturated carbocycles. The number of phenolic OH excluding ortho intramolecular Hbond substituents is 1. The van der Waals surface area contributed by atoms with Crippen LogP contribution in [0.15, 0.2) is 18.2 Å². The largest absolute Gasteiger partial charge is 0.508 e. The lowest BCUT2D eigenvalue weighted by molar-refractivity contribution is 0.0709. The van der Waals surface area contributed by atoms with Crippen LogP contribution < -0.4 is 5.32 Å². The summed E-state index contributed by atoms with van der Waals surface area (Å²) in [7, 11) is 0. The Labute approximate surface area is 105 Å². The van der Waals surface area contributed by atoms with E-state index in [0.29, 0.717) is 0 Å². The highest BCUT2D eigenvalue weighted by atomic mass is 35.5. The lowest BCUT2D eigenvalue weighted by Crippen LogP contribution is -2.51. The number of carbonyl (C=O) groups excluding carboxylic acids is 1. The zero-order valence-corrected chi connectivity index (χ0v) is 10.7. The summed E-state index contributed by atoms with van der Waals surface area (Å²) in [6, 6.07) is 4.13. The molecule has 1 rings (SSSR count). The van der Waals surface area contributed by atoms with Gasteiger partial charge in [-0.05, 0) is 39.0 Å². The Bertz CT molecular complexity index is 430. The van der Waals surface area contributed by atoms with Crippen LogP contribution in [0, 0.1) is 0 Å². The molecule has 0 spiro atoms. The van der Waals surface area contributed by atoms with Gasteiger partial charge in [0.05, 0.1) is 22.2 Å². The van der Waals surface area contributed by atoms with Gasteiger partial charge in [-0.25, -0.2) is 0 Å². The molecule has 94 valence electrons. The van der Waals surface area contributed by atoms with Crippen molar-refractivity contribution in [3.8, 4) is 5.75 Å². The maximum absolute atomic E-state index is 11.9. The van der Waals surface area contributed by atoms with E-state index in [2.05, 4.69) is 5.32 Å². The first kappa shape index (κ1) is 13.8. The lowest BCUT2D eigenvalue weighted by atomic mass is 9.98. The summed E-state index contributed by atoms with van der Waals surface area (Å²) in [6.07, 6.45) is -0.706. The number of halogens is 1. The maximum Gasteiger partial charge on any atom is 0.253 e. The maximum atomic E-state index is 11.9. The van der Waals surface area contributed by atoms with Crippen LogP contribution in [0.25, 0.3) is 0 Å². The van der Waals surface area contributed by atoms with Crippen LogP contribution in [0.2, 0.25) is 5.02 Å². The van der Waals surface area contributed by atoms with Gasteiger partial charge in [0.15, 0.2) is 0 Å². The minimum absolute atomic E-state index is 0.0330. The molecule has 0 fully saturated rings. The van der Waals surface area contributed by atoms with Gasteiger partial charge in [0, 0.05) is 0 Å². The summed E-state index contributed by atoms with van der Waals surface area (Å²) in [5.74, 6) is -0.466. The number of aliphatic hydroxyl groups is 1. The highest BCUT2D eigenvalue weighted by Gasteiger charge is 2.27. The molecule has 1 amide bonds. The first-order valence-corrected chi connectivity index (χ1v) is 5.61. The molecule has 0 saturated heterocycles. The third-order valence-corrected chi connectivity index (χ3v) is 3.00. The van der Waals surface area contributed by atoms with Crippen LogP contribution in [0.3, 0.4) is 0 Å². The zero-order valence-electron chi connectivity index (χ0n) is 9.99. The van der Waals surface area contributed by atoms with E-state index < -0.39 is 17.6 Å². The van der Waals surface area contributed by atoms with Crippen molar-refractivity contribution < 1.29 is 15.0 Å². The lowest BCUT2D eigenvalue weighted by Gasteiger charge is -2.29. The second-order valence-electron chi connectivity index (χ2n) is 4.52. The molecule has 17 heavy (non-hydrogen) atoms. The molecule has 0 bridgehead atoms. The topological polar surface area (TPSA) is 69.6 Å². The monoisotopic (exact) mass is 257 g/mol. The van der Waals surface area contributed by atoms with Gasteiger partial charge in [-0.1, -0.05) is 11.6 Å². The Morgan fingerprint density at radius 3 is 2.59 bits per heavy atom. The Balaban J connectivity index is 2.94. The van der Waals surface area contributed by atoms with E-state index in [4.69, 9.17) is 11.6 Å². The molecular weight excluding hydrogens is 242 g/mol. The number of nitrogens with one attached hydrogen (secondary N) is 1. The predicted octanol–water partition coefficient (Wildman–Crippen LogP) is 1.93. The summed E-state index contributed by atoms with van der Waals surface area (Å²) in [5, 5.41) is 21.7. The highest BCUT2D eigenvalue weighted by molar-refractivity contribution is 6.33. The summed E-state index contributed by atoms with van der Waals surface area (Å²) >= 11 is 5.87. The molecule has 0 aliphatic carbocycles. The number of benzene rings is 1. The third-order valence-electron chi connectivity index (χ3n) is 2.67. The average molecular weight is 258 g/mol. The van der Waals surface area contributed by atoms with Crippen LogP contribution >= 0.6 is 11.6 Å². The Morgan fingerprint density at radius 1 is 1.47 bits per heavy atom. The number of carbonyl (C=O) groups is 1. The Morgan fingerprint density at radius 2 is 2.06 bits per heavy atom. The Kier molecular flexibility index (Phi) is 4.01. The fourth-order valence-electron chi connectivity index (χ4n) is 1.15. The van der Waals surface area contributed by atoms with Gasteiger partial charge in [-0.3, -0.25) is 4.79 Å². The minimum atomic E-state index is -0.772. The molecule has 0 heterocycles. The van der Waals surface area contributed by atoms with Crippen molar-refractivity contribution in [2.24, 2.45) is 0 Å². The van der Waals surface area contributed by atoms with E-state index in [9.17, 15) is 15.0 Å². The van der Waals surface area contributed by atoms with Crippen LogP contribution in [0.4, 0.5) is 0 Å². The van der Waals surface area contributed by atoms with Gasteiger partial charge in [0.2, 0.25) is 0 Å². The number of aromatic hydroxyl groups is 1.